The fraction of sp³-hybridized carbons (Fsp3) is 0.333. The van der Waals surface area contributed by atoms with Crippen molar-refractivity contribution in [3.05, 3.63) is 39.9 Å². The second kappa shape index (κ2) is 5.55. The van der Waals surface area contributed by atoms with Crippen LogP contribution in [0.3, 0.4) is 0 Å². The van der Waals surface area contributed by atoms with Crippen molar-refractivity contribution in [1.29, 1.82) is 0 Å². The number of hydrogen-bond acceptors (Lipinski definition) is 4. The van der Waals surface area contributed by atoms with E-state index in [1.165, 1.54) is 34.1 Å². The lowest BCUT2D eigenvalue weighted by atomic mass is 10.1. The topological polar surface area (TPSA) is 104 Å². The Morgan fingerprint density at radius 1 is 1.15 bits per heavy atom. The highest BCUT2D eigenvalue weighted by atomic mass is 16.6. The Balaban J connectivity index is 2.07. The van der Waals surface area contributed by atoms with Crippen molar-refractivity contribution in [3.8, 4) is 0 Å². The zero-order chi connectivity index (χ0) is 14.7. The van der Waals surface area contributed by atoms with Gasteiger partial charge in [0.25, 0.3) is 11.6 Å². The first-order chi connectivity index (χ1) is 9.49. The summed E-state index contributed by atoms with van der Waals surface area (Å²) in [7, 11) is 0. The Bertz CT molecular complexity index is 552. The summed E-state index contributed by atoms with van der Waals surface area (Å²) in [5.41, 5.74) is 0.1000. The number of nitrogens with zero attached hydrogens (tertiary/aromatic N) is 3. The Morgan fingerprint density at radius 3 is 2.30 bits per heavy atom. The molecule has 1 saturated heterocycles. The molecule has 2 rings (SSSR count). The van der Waals surface area contributed by atoms with Crippen molar-refractivity contribution in [1.82, 2.24) is 9.80 Å². The highest BCUT2D eigenvalue weighted by Gasteiger charge is 2.25. The van der Waals surface area contributed by atoms with Gasteiger partial charge < -0.3 is 14.9 Å². The number of amides is 2. The van der Waals surface area contributed by atoms with Crippen LogP contribution >= 0.6 is 0 Å². The van der Waals surface area contributed by atoms with Crippen LogP contribution in [0.25, 0.3) is 0 Å². The van der Waals surface area contributed by atoms with Gasteiger partial charge in [-0.15, -0.1) is 0 Å². The number of carbonyl (C=O) groups excluding carboxylic acids is 1. The Kier molecular flexibility index (Phi) is 3.83. The molecule has 1 heterocycles. The molecule has 0 aromatic heterocycles. The van der Waals surface area contributed by atoms with Crippen LogP contribution in [0.2, 0.25) is 0 Å². The van der Waals surface area contributed by atoms with Gasteiger partial charge in [-0.1, -0.05) is 6.07 Å². The van der Waals surface area contributed by atoms with Crippen molar-refractivity contribution < 1.29 is 19.6 Å². The molecule has 20 heavy (non-hydrogen) atoms. The number of benzene rings is 1. The molecule has 2 amide bonds. The average molecular weight is 279 g/mol. The maximum atomic E-state index is 12.2. The number of rotatable bonds is 2. The average Bonchev–Trinajstić information content (AvgIpc) is 2.46. The molecule has 0 unspecified atom stereocenters. The Labute approximate surface area is 114 Å². The van der Waals surface area contributed by atoms with E-state index in [9.17, 15) is 19.7 Å². The van der Waals surface area contributed by atoms with Gasteiger partial charge in [0.1, 0.15) is 0 Å². The molecule has 8 heteroatoms. The zero-order valence-electron chi connectivity index (χ0n) is 10.6. The minimum absolute atomic E-state index is 0.139. The smallest absolute Gasteiger partial charge is 0.407 e. The summed E-state index contributed by atoms with van der Waals surface area (Å²) < 4.78 is 0. The standard InChI is InChI=1S/C12H13N3O5/c16-11(9-2-1-3-10(8-9)15(19)20)13-4-6-14(7-5-13)12(17)18/h1-3,8H,4-7H2,(H,17,18). The van der Waals surface area contributed by atoms with Gasteiger partial charge in [0.15, 0.2) is 0 Å². The number of nitro benzene ring substituents is 1. The Hall–Kier alpha value is -2.64. The van der Waals surface area contributed by atoms with Crippen molar-refractivity contribution in [2.45, 2.75) is 0 Å². The molecule has 0 bridgehead atoms. The van der Waals surface area contributed by atoms with Crippen LogP contribution in [0.1, 0.15) is 10.4 Å². The monoisotopic (exact) mass is 279 g/mol. The maximum absolute atomic E-state index is 12.2. The molecule has 1 aromatic carbocycles. The molecule has 1 N–H and O–H groups in total. The summed E-state index contributed by atoms with van der Waals surface area (Å²) in [6.07, 6.45) is -1.01. The molecular formula is C12H13N3O5. The van der Waals surface area contributed by atoms with Gasteiger partial charge in [-0.3, -0.25) is 14.9 Å². The van der Waals surface area contributed by atoms with E-state index < -0.39 is 11.0 Å². The second-order valence-corrected chi connectivity index (χ2v) is 4.37. The zero-order valence-corrected chi connectivity index (χ0v) is 10.6. The summed E-state index contributed by atoms with van der Waals surface area (Å²) >= 11 is 0. The molecule has 8 nitrogen and oxygen atoms in total. The van der Waals surface area contributed by atoms with Crippen LogP contribution in [0, 0.1) is 10.1 Å². The Morgan fingerprint density at radius 2 is 1.75 bits per heavy atom. The van der Waals surface area contributed by atoms with E-state index >= 15 is 0 Å². The SMILES string of the molecule is O=C(O)N1CCN(C(=O)c2cccc([N+](=O)[O-])c2)CC1. The molecule has 0 aliphatic carbocycles. The normalized spacial score (nSPS) is 15.0. The third kappa shape index (κ3) is 2.85. The lowest BCUT2D eigenvalue weighted by molar-refractivity contribution is -0.384. The molecule has 0 radical (unpaired) electrons. The largest absolute Gasteiger partial charge is 0.465 e. The maximum Gasteiger partial charge on any atom is 0.407 e. The molecule has 1 aliphatic heterocycles. The van der Waals surface area contributed by atoms with Crippen molar-refractivity contribution in [2.75, 3.05) is 26.2 Å². The molecule has 1 fully saturated rings. The van der Waals surface area contributed by atoms with E-state index in [1.807, 2.05) is 0 Å². The van der Waals surface area contributed by atoms with Crippen LogP contribution in [0.5, 0.6) is 0 Å². The van der Waals surface area contributed by atoms with Crippen molar-refractivity contribution in [3.63, 3.8) is 0 Å². The van der Waals surface area contributed by atoms with Gasteiger partial charge in [-0.2, -0.15) is 0 Å². The lowest BCUT2D eigenvalue weighted by Crippen LogP contribution is -2.50. The second-order valence-electron chi connectivity index (χ2n) is 4.37. The van der Waals surface area contributed by atoms with Gasteiger partial charge in [-0.05, 0) is 6.07 Å². The first-order valence-electron chi connectivity index (χ1n) is 6.00. The minimum atomic E-state index is -1.01. The predicted octanol–water partition coefficient (Wildman–Crippen LogP) is 1.03. The van der Waals surface area contributed by atoms with Crippen molar-refractivity contribution in [2.24, 2.45) is 0 Å². The molecule has 0 saturated carbocycles. The minimum Gasteiger partial charge on any atom is -0.465 e. The first-order valence-corrected chi connectivity index (χ1v) is 6.00. The molecular weight excluding hydrogens is 266 g/mol. The number of nitro groups is 1. The van der Waals surface area contributed by atoms with Gasteiger partial charge in [0.2, 0.25) is 0 Å². The van der Waals surface area contributed by atoms with E-state index in [1.54, 1.807) is 0 Å². The third-order valence-corrected chi connectivity index (χ3v) is 3.14. The van der Waals surface area contributed by atoms with E-state index in [0.29, 0.717) is 0 Å². The highest BCUT2D eigenvalue weighted by molar-refractivity contribution is 5.95. The molecule has 0 atom stereocenters. The summed E-state index contributed by atoms with van der Waals surface area (Å²) in [6.45, 7) is 1.06. The summed E-state index contributed by atoms with van der Waals surface area (Å²) in [6, 6.07) is 5.52. The molecule has 106 valence electrons. The number of piperazine rings is 1. The van der Waals surface area contributed by atoms with Crippen LogP contribution in [0.4, 0.5) is 10.5 Å². The van der Waals surface area contributed by atoms with Gasteiger partial charge in [-0.25, -0.2) is 4.79 Å². The fourth-order valence-corrected chi connectivity index (χ4v) is 2.04. The molecule has 1 aliphatic rings. The quantitative estimate of drug-likeness (QED) is 0.643. The van der Waals surface area contributed by atoms with E-state index in [4.69, 9.17) is 5.11 Å². The van der Waals surface area contributed by atoms with Crippen LogP contribution in [0.15, 0.2) is 24.3 Å². The summed E-state index contributed by atoms with van der Waals surface area (Å²) in [5, 5.41) is 19.5. The van der Waals surface area contributed by atoms with Gasteiger partial charge in [0, 0.05) is 43.9 Å². The molecule has 0 spiro atoms. The number of non-ortho nitro benzene ring substituents is 1. The van der Waals surface area contributed by atoms with E-state index in [2.05, 4.69) is 0 Å². The number of carbonyl (C=O) groups is 2. The lowest BCUT2D eigenvalue weighted by Gasteiger charge is -2.33. The highest BCUT2D eigenvalue weighted by Crippen LogP contribution is 2.15. The van der Waals surface area contributed by atoms with Crippen molar-refractivity contribution >= 4 is 17.7 Å². The third-order valence-electron chi connectivity index (χ3n) is 3.14. The number of carboxylic acid groups (broad SMARTS) is 1. The van der Waals surface area contributed by atoms with Gasteiger partial charge in [0.05, 0.1) is 4.92 Å². The van der Waals surface area contributed by atoms with Gasteiger partial charge >= 0.3 is 6.09 Å². The van der Waals surface area contributed by atoms with E-state index in [-0.39, 0.29) is 43.3 Å². The van der Waals surface area contributed by atoms with Crippen LogP contribution in [-0.2, 0) is 0 Å². The number of hydrogen-bond donors (Lipinski definition) is 1. The van der Waals surface area contributed by atoms with Crippen LogP contribution < -0.4 is 0 Å². The molecule has 1 aromatic rings. The fourth-order valence-electron chi connectivity index (χ4n) is 2.04. The summed E-state index contributed by atoms with van der Waals surface area (Å²) in [5.74, 6) is -0.321. The van der Waals surface area contributed by atoms with Crippen LogP contribution in [-0.4, -0.2) is 58.0 Å². The summed E-state index contributed by atoms with van der Waals surface area (Å²) in [4.78, 5) is 35.8. The van der Waals surface area contributed by atoms with E-state index in [0.717, 1.165) is 0 Å². The first kappa shape index (κ1) is 13.8. The predicted molar refractivity (Wildman–Crippen MR) is 68.6 cm³/mol.